The van der Waals surface area contributed by atoms with E-state index >= 15 is 0 Å². The zero-order valence-corrected chi connectivity index (χ0v) is 19.1. The maximum absolute atomic E-state index is 11.9. The van der Waals surface area contributed by atoms with Gasteiger partial charge in [0.2, 0.25) is 0 Å². The van der Waals surface area contributed by atoms with E-state index in [1.165, 1.54) is 0 Å². The fourth-order valence-corrected chi connectivity index (χ4v) is 3.37. The maximum Gasteiger partial charge on any atom is 0.411 e. The van der Waals surface area contributed by atoms with E-state index in [2.05, 4.69) is 12.1 Å². The largest absolute Gasteiger partial charge is 0.444 e. The minimum Gasteiger partial charge on any atom is -0.444 e. The Bertz CT molecular complexity index is 784. The first-order valence-corrected chi connectivity index (χ1v) is 10.4. The Balaban J connectivity index is 0.000000311. The molecule has 32 heavy (non-hydrogen) atoms. The summed E-state index contributed by atoms with van der Waals surface area (Å²) in [7, 11) is 0. The van der Waals surface area contributed by atoms with Crippen LogP contribution in [0.1, 0.15) is 61.8 Å². The molecule has 0 N–H and O–H groups in total. The first kappa shape index (κ1) is 27.3. The van der Waals surface area contributed by atoms with Gasteiger partial charge in [-0.2, -0.15) is 10.5 Å². The molecule has 2 amide bonds. The van der Waals surface area contributed by atoms with Gasteiger partial charge in [0.15, 0.2) is 0 Å². The molecule has 0 aromatic carbocycles. The second kappa shape index (κ2) is 10.7. The van der Waals surface area contributed by atoms with Gasteiger partial charge in [-0.3, -0.25) is 9.80 Å². The number of morpholine rings is 1. The highest BCUT2D eigenvalue weighted by molar-refractivity contribution is 5.70. The monoisotopic (exact) mass is 448 g/mol. The smallest absolute Gasteiger partial charge is 0.411 e. The number of amides is 2. The van der Waals surface area contributed by atoms with Gasteiger partial charge in [0.25, 0.3) is 0 Å². The Hall–Kier alpha value is -2.78. The number of epoxide rings is 1. The van der Waals surface area contributed by atoms with E-state index in [4.69, 9.17) is 24.7 Å². The zero-order valence-electron chi connectivity index (χ0n) is 19.1. The lowest BCUT2D eigenvalue weighted by molar-refractivity contribution is 0.0128. The summed E-state index contributed by atoms with van der Waals surface area (Å²) in [4.78, 5) is 26.7. The summed E-state index contributed by atoms with van der Waals surface area (Å²) in [5.41, 5.74) is -0.987. The van der Waals surface area contributed by atoms with E-state index in [1.807, 2.05) is 53.7 Å². The van der Waals surface area contributed by atoms with Crippen molar-refractivity contribution in [3.05, 3.63) is 12.2 Å². The van der Waals surface area contributed by atoms with Crippen molar-refractivity contribution in [1.29, 1.82) is 10.5 Å². The molecule has 3 aliphatic rings. The molecule has 3 rings (SSSR count). The lowest BCUT2D eigenvalue weighted by Gasteiger charge is -2.28. The average Bonchev–Trinajstić information content (AvgIpc) is 3.05. The summed E-state index contributed by atoms with van der Waals surface area (Å²) in [6.07, 6.45) is 3.84. The third-order valence-electron chi connectivity index (χ3n) is 4.70. The van der Waals surface area contributed by atoms with Gasteiger partial charge in [-0.05, 0) is 41.5 Å². The van der Waals surface area contributed by atoms with Crippen molar-refractivity contribution in [3.8, 4) is 12.1 Å². The number of fused-ring (bicyclic) bond motifs is 1. The second-order valence-corrected chi connectivity index (χ2v) is 9.69. The van der Waals surface area contributed by atoms with Gasteiger partial charge < -0.3 is 14.2 Å². The highest BCUT2D eigenvalue weighted by atomic mass is 16.6. The Kier molecular flexibility index (Phi) is 9.11. The van der Waals surface area contributed by atoms with Gasteiger partial charge in [-0.1, -0.05) is 19.6 Å². The Morgan fingerprint density at radius 1 is 1.00 bits per heavy atom. The number of hydrogen-bond donors (Lipinski definition) is 0. The third-order valence-corrected chi connectivity index (χ3v) is 4.70. The third kappa shape index (κ3) is 7.72. The molecule has 0 aromatic heterocycles. The molecule has 2 saturated heterocycles. The van der Waals surface area contributed by atoms with E-state index in [9.17, 15) is 9.59 Å². The lowest BCUT2D eigenvalue weighted by atomic mass is 10.1. The van der Waals surface area contributed by atoms with E-state index in [0.717, 1.165) is 0 Å². The van der Waals surface area contributed by atoms with E-state index < -0.39 is 11.2 Å². The summed E-state index contributed by atoms with van der Waals surface area (Å²) in [6.45, 7) is 12.1. The fourth-order valence-electron chi connectivity index (χ4n) is 3.37. The topological polar surface area (TPSA) is 119 Å². The van der Waals surface area contributed by atoms with Crippen molar-refractivity contribution in [1.82, 2.24) is 9.80 Å². The molecule has 0 bridgehead atoms. The molecule has 9 heteroatoms. The summed E-state index contributed by atoms with van der Waals surface area (Å²) in [5, 5.41) is 17.3. The van der Waals surface area contributed by atoms with Crippen LogP contribution in [0.15, 0.2) is 12.2 Å². The molecule has 0 saturated carbocycles. The second-order valence-electron chi connectivity index (χ2n) is 9.69. The van der Waals surface area contributed by atoms with Crippen LogP contribution < -0.4 is 0 Å². The predicted octanol–water partition coefficient (Wildman–Crippen LogP) is 4.00. The molecule has 2 fully saturated rings. The standard InChI is InChI=1S/C11H16N2O3.C11H16N2O2.CH4/c1-11(2,3)16-10(14)13-6-8-9(15-8)7(13)4-5-12;1-11(2,3)15-10(14)13-8-4-5-9(13)6-7-12;/h7-9H,4,6H2,1-3H3;4-5,9H,6,8H2,1-3H3;1H4/t7-,8+,9-;9-;/m10./s1. The molecule has 0 radical (unpaired) electrons. The minimum absolute atomic E-state index is 0. The van der Waals surface area contributed by atoms with Crippen molar-refractivity contribution in [2.45, 2.75) is 97.3 Å². The van der Waals surface area contributed by atoms with Crippen LogP contribution in [0, 0.1) is 22.7 Å². The molecule has 0 spiro atoms. The summed E-state index contributed by atoms with van der Waals surface area (Å²) < 4.78 is 15.9. The molecule has 4 atom stereocenters. The number of carbonyl (C=O) groups excluding carboxylic acids is 2. The average molecular weight is 449 g/mol. The quantitative estimate of drug-likeness (QED) is 0.462. The molecule has 9 nitrogen and oxygen atoms in total. The Labute approximate surface area is 191 Å². The molecule has 178 valence electrons. The number of nitrogens with zero attached hydrogens (tertiary/aromatic N) is 4. The van der Waals surface area contributed by atoms with Crippen LogP contribution in [0.25, 0.3) is 0 Å². The number of carbonyl (C=O) groups is 2. The predicted molar refractivity (Wildman–Crippen MR) is 118 cm³/mol. The van der Waals surface area contributed by atoms with Crippen molar-refractivity contribution in [3.63, 3.8) is 0 Å². The van der Waals surface area contributed by atoms with Gasteiger partial charge in [0.05, 0.1) is 43.6 Å². The number of nitriles is 2. The minimum atomic E-state index is -0.498. The van der Waals surface area contributed by atoms with Gasteiger partial charge >= 0.3 is 12.2 Å². The molecular weight excluding hydrogens is 412 g/mol. The Morgan fingerprint density at radius 2 is 1.53 bits per heavy atom. The Morgan fingerprint density at radius 3 is 2.03 bits per heavy atom. The van der Waals surface area contributed by atoms with Gasteiger partial charge in [-0.25, -0.2) is 9.59 Å². The highest BCUT2D eigenvalue weighted by Crippen LogP contribution is 2.38. The van der Waals surface area contributed by atoms with Crippen LogP contribution in [0.5, 0.6) is 0 Å². The van der Waals surface area contributed by atoms with E-state index in [0.29, 0.717) is 25.9 Å². The first-order valence-electron chi connectivity index (χ1n) is 10.4. The SMILES string of the molecule is C.CC(C)(C)OC(=O)N1CC=C[C@H]1CC#N.CC(C)(C)OC(=O)N1C[C@@H]2O[C@@H]2[C@H]1CC#N. The highest BCUT2D eigenvalue weighted by Gasteiger charge is 2.56. The molecule has 3 aliphatic heterocycles. The summed E-state index contributed by atoms with van der Waals surface area (Å²) in [5.74, 6) is 0. The summed E-state index contributed by atoms with van der Waals surface area (Å²) in [6, 6.07) is 3.87. The van der Waals surface area contributed by atoms with Crippen LogP contribution in [0.3, 0.4) is 0 Å². The normalized spacial score (nSPS) is 25.4. The van der Waals surface area contributed by atoms with E-state index in [1.54, 1.807) is 9.80 Å². The van der Waals surface area contributed by atoms with Crippen LogP contribution in [0.2, 0.25) is 0 Å². The lowest BCUT2D eigenvalue weighted by Crippen LogP contribution is -2.42. The van der Waals surface area contributed by atoms with Crippen molar-refractivity contribution in [2.75, 3.05) is 13.1 Å². The zero-order chi connectivity index (χ0) is 23.4. The van der Waals surface area contributed by atoms with Gasteiger partial charge in [-0.15, -0.1) is 0 Å². The number of rotatable bonds is 2. The maximum atomic E-state index is 11.9. The van der Waals surface area contributed by atoms with Crippen LogP contribution in [-0.2, 0) is 14.2 Å². The molecule has 0 aliphatic carbocycles. The number of ether oxygens (including phenoxy) is 3. The number of hydrogen-bond acceptors (Lipinski definition) is 7. The fraction of sp³-hybridized carbons (Fsp3) is 0.739. The molecular formula is C23H36N4O5. The van der Waals surface area contributed by atoms with Crippen LogP contribution in [-0.4, -0.2) is 70.6 Å². The van der Waals surface area contributed by atoms with Crippen LogP contribution >= 0.6 is 0 Å². The van der Waals surface area contributed by atoms with Gasteiger partial charge in [0.1, 0.15) is 23.4 Å². The van der Waals surface area contributed by atoms with Crippen molar-refractivity contribution in [2.24, 2.45) is 0 Å². The van der Waals surface area contributed by atoms with E-state index in [-0.39, 0.29) is 43.9 Å². The molecule has 3 heterocycles. The van der Waals surface area contributed by atoms with Gasteiger partial charge in [0, 0.05) is 6.54 Å². The summed E-state index contributed by atoms with van der Waals surface area (Å²) >= 11 is 0. The molecule has 0 aromatic rings. The van der Waals surface area contributed by atoms with Crippen molar-refractivity contribution >= 4 is 12.2 Å². The first-order chi connectivity index (χ1) is 14.4. The number of likely N-dealkylation sites (tertiary alicyclic amines) is 1. The van der Waals surface area contributed by atoms with Crippen LogP contribution in [0.4, 0.5) is 9.59 Å². The molecule has 0 unspecified atom stereocenters. The van der Waals surface area contributed by atoms with Crippen molar-refractivity contribution < 1.29 is 23.8 Å².